The Morgan fingerprint density at radius 3 is 2.67 bits per heavy atom. The lowest BCUT2D eigenvalue weighted by Crippen LogP contribution is -2.50. The quantitative estimate of drug-likeness (QED) is 0.293. The summed E-state index contributed by atoms with van der Waals surface area (Å²) in [5, 5.41) is 22.9. The van der Waals surface area contributed by atoms with E-state index in [0.717, 1.165) is 17.2 Å². The van der Waals surface area contributed by atoms with E-state index in [1.807, 2.05) is 6.07 Å². The zero-order valence-electron chi connectivity index (χ0n) is 18.2. The van der Waals surface area contributed by atoms with Gasteiger partial charge < -0.3 is 10.0 Å². The van der Waals surface area contributed by atoms with Crippen molar-refractivity contribution in [3.05, 3.63) is 30.0 Å². The minimum absolute atomic E-state index is 0.0565. The van der Waals surface area contributed by atoms with Crippen molar-refractivity contribution in [2.45, 2.75) is 24.6 Å². The Labute approximate surface area is 191 Å². The number of hydrogen-bond donors (Lipinski definition) is 3. The van der Waals surface area contributed by atoms with Gasteiger partial charge in [-0.1, -0.05) is 11.8 Å². The number of aryl methyl sites for hydroxylation is 1. The van der Waals surface area contributed by atoms with Gasteiger partial charge in [-0.05, 0) is 43.4 Å². The minimum Gasteiger partial charge on any atom is -0.387 e. The predicted molar refractivity (Wildman–Crippen MR) is 119 cm³/mol. The first kappa shape index (κ1) is 24.3. The number of nitrogens with one attached hydrogen (secondary N) is 1. The largest absolute Gasteiger partial charge is 0.387 e. The van der Waals surface area contributed by atoms with Gasteiger partial charge >= 0.3 is 0 Å². The van der Waals surface area contributed by atoms with Crippen molar-refractivity contribution < 1.29 is 28.3 Å². The molecule has 2 aromatic rings. The molecule has 2 amide bonds. The maximum absolute atomic E-state index is 12.1. The van der Waals surface area contributed by atoms with E-state index in [4.69, 9.17) is 10.3 Å². The number of carbonyl (C=O) groups is 2. The summed E-state index contributed by atoms with van der Waals surface area (Å²) >= 11 is 0. The van der Waals surface area contributed by atoms with Crippen molar-refractivity contribution in [3.8, 4) is 23.7 Å². The number of rotatable bonds is 6. The molecule has 174 valence electrons. The van der Waals surface area contributed by atoms with Gasteiger partial charge in [0.2, 0.25) is 5.91 Å². The molecule has 11 heteroatoms. The molecule has 10 nitrogen and oxygen atoms in total. The second kappa shape index (κ2) is 9.63. The molecule has 1 saturated heterocycles. The molecule has 3 N–H and O–H groups in total. The molecule has 2 heterocycles. The van der Waals surface area contributed by atoms with Gasteiger partial charge in [-0.3, -0.25) is 19.5 Å². The predicted octanol–water partition coefficient (Wildman–Crippen LogP) is -0.459. The molecule has 33 heavy (non-hydrogen) atoms. The van der Waals surface area contributed by atoms with Crippen LogP contribution in [0.2, 0.25) is 0 Å². The SMILES string of the molecule is C[C@@](CCn1cc2cc(C#CC#CC3CN(C(=O)CO)C3)ccc2n1)(C(=O)NO)S(C)(=O)=O. The smallest absolute Gasteiger partial charge is 0.264 e. The van der Waals surface area contributed by atoms with Gasteiger partial charge in [0.05, 0.1) is 11.4 Å². The highest BCUT2D eigenvalue weighted by atomic mass is 32.2. The lowest BCUT2D eigenvalue weighted by atomic mass is 10.0. The number of aliphatic hydroxyl groups excluding tert-OH is 1. The molecule has 1 fully saturated rings. The summed E-state index contributed by atoms with van der Waals surface area (Å²) in [5.74, 6) is 10.3. The molecule has 0 saturated carbocycles. The molecule has 1 aliphatic heterocycles. The lowest BCUT2D eigenvalue weighted by molar-refractivity contribution is -0.139. The molecule has 3 rings (SSSR count). The van der Waals surface area contributed by atoms with Crippen molar-refractivity contribution in [2.24, 2.45) is 5.92 Å². The lowest BCUT2D eigenvalue weighted by Gasteiger charge is -2.35. The fourth-order valence-electron chi connectivity index (χ4n) is 3.30. The van der Waals surface area contributed by atoms with Gasteiger partial charge in [0.15, 0.2) is 14.6 Å². The highest BCUT2D eigenvalue weighted by Crippen LogP contribution is 2.23. The van der Waals surface area contributed by atoms with E-state index in [1.165, 1.54) is 17.3 Å². The molecule has 0 spiro atoms. The van der Waals surface area contributed by atoms with Crippen LogP contribution in [0.3, 0.4) is 0 Å². The van der Waals surface area contributed by atoms with Crippen LogP contribution in [0, 0.1) is 29.6 Å². The van der Waals surface area contributed by atoms with Gasteiger partial charge in [0.25, 0.3) is 5.91 Å². The molecule has 0 aliphatic carbocycles. The van der Waals surface area contributed by atoms with Gasteiger partial charge in [0, 0.05) is 43.0 Å². The summed E-state index contributed by atoms with van der Waals surface area (Å²) in [6.07, 6.45) is 2.61. The fraction of sp³-hybridized carbons (Fsp3) is 0.409. The number of sulfone groups is 1. The van der Waals surface area contributed by atoms with Gasteiger partial charge in [-0.15, -0.1) is 0 Å². The Morgan fingerprint density at radius 1 is 1.30 bits per heavy atom. The maximum atomic E-state index is 12.1. The number of aromatic nitrogens is 2. The second-order valence-electron chi connectivity index (χ2n) is 8.03. The van der Waals surface area contributed by atoms with Crippen molar-refractivity contribution >= 4 is 32.6 Å². The monoisotopic (exact) mass is 472 g/mol. The van der Waals surface area contributed by atoms with Crippen molar-refractivity contribution in [1.82, 2.24) is 20.2 Å². The summed E-state index contributed by atoms with van der Waals surface area (Å²) in [5.41, 5.74) is 2.84. The summed E-state index contributed by atoms with van der Waals surface area (Å²) < 4.78 is 23.9. The molecular weight excluding hydrogens is 448 g/mol. The summed E-state index contributed by atoms with van der Waals surface area (Å²) in [6, 6.07) is 5.40. The number of hydrogen-bond acceptors (Lipinski definition) is 7. The third-order valence-electron chi connectivity index (χ3n) is 5.69. The van der Waals surface area contributed by atoms with Gasteiger partial charge in [-0.25, -0.2) is 13.9 Å². The van der Waals surface area contributed by atoms with E-state index >= 15 is 0 Å². The Hall–Kier alpha value is -3.38. The third kappa shape index (κ3) is 5.34. The highest BCUT2D eigenvalue weighted by Gasteiger charge is 2.43. The van der Waals surface area contributed by atoms with Crippen LogP contribution in [0.5, 0.6) is 0 Å². The summed E-state index contributed by atoms with van der Waals surface area (Å²) in [7, 11) is -3.78. The van der Waals surface area contributed by atoms with Crippen LogP contribution >= 0.6 is 0 Å². The van der Waals surface area contributed by atoms with Crippen LogP contribution in [0.1, 0.15) is 18.9 Å². The summed E-state index contributed by atoms with van der Waals surface area (Å²) in [4.78, 5) is 24.8. The molecule has 1 aliphatic rings. The topological polar surface area (TPSA) is 142 Å². The first-order chi connectivity index (χ1) is 15.6. The van der Waals surface area contributed by atoms with Crippen LogP contribution < -0.4 is 5.48 Å². The average Bonchev–Trinajstić information content (AvgIpc) is 3.16. The minimum atomic E-state index is -3.78. The number of fused-ring (bicyclic) bond motifs is 1. The number of carbonyl (C=O) groups excluding carboxylic acids is 2. The van der Waals surface area contributed by atoms with E-state index in [2.05, 4.69) is 28.8 Å². The Morgan fingerprint density at radius 2 is 2.03 bits per heavy atom. The molecule has 0 bridgehead atoms. The zero-order valence-corrected chi connectivity index (χ0v) is 19.0. The standard InChI is InChI=1S/C22H24N4O6S/c1-22(21(29)24-30,33(2,31)32)9-10-26-14-18-11-16(7-8-19(18)23-26)5-3-4-6-17-12-25(13-17)20(28)15-27/h7-8,11,14,17,27,30H,9-10,12-13,15H2,1-2H3,(H,24,29)/t22-/m1/s1. The number of hydroxylamine groups is 1. The fourth-order valence-corrected chi connectivity index (χ4v) is 4.14. The number of aliphatic hydroxyl groups is 1. The van der Waals surface area contributed by atoms with Crippen LogP contribution in [-0.2, 0) is 26.0 Å². The third-order valence-corrected chi connectivity index (χ3v) is 7.71. The molecule has 1 aromatic heterocycles. The van der Waals surface area contributed by atoms with Crippen LogP contribution in [0.4, 0.5) is 0 Å². The Kier molecular flexibility index (Phi) is 7.08. The molecular formula is C22H24N4O6S. The normalized spacial score (nSPS) is 15.5. The molecule has 1 aromatic carbocycles. The van der Waals surface area contributed by atoms with Gasteiger partial charge in [-0.2, -0.15) is 5.10 Å². The van der Waals surface area contributed by atoms with Crippen LogP contribution in [0.25, 0.3) is 10.9 Å². The van der Waals surface area contributed by atoms with Crippen molar-refractivity contribution in [1.29, 1.82) is 0 Å². The van der Waals surface area contributed by atoms with E-state index in [9.17, 15) is 18.0 Å². The van der Waals surface area contributed by atoms with Crippen LogP contribution in [-0.4, -0.2) is 75.9 Å². The van der Waals surface area contributed by atoms with Crippen molar-refractivity contribution in [3.63, 3.8) is 0 Å². The van der Waals surface area contributed by atoms with E-state index in [1.54, 1.807) is 23.0 Å². The van der Waals surface area contributed by atoms with E-state index < -0.39 is 27.1 Å². The number of benzene rings is 1. The molecule has 0 unspecified atom stereocenters. The maximum Gasteiger partial charge on any atom is 0.264 e. The molecule has 0 radical (unpaired) electrons. The van der Waals surface area contributed by atoms with E-state index in [0.29, 0.717) is 18.6 Å². The number of nitrogens with zero attached hydrogens (tertiary/aromatic N) is 3. The summed E-state index contributed by atoms with van der Waals surface area (Å²) in [6.45, 7) is 1.91. The van der Waals surface area contributed by atoms with E-state index in [-0.39, 0.29) is 24.8 Å². The Bertz CT molecular complexity index is 1310. The van der Waals surface area contributed by atoms with Crippen molar-refractivity contribution in [2.75, 3.05) is 26.0 Å². The zero-order chi connectivity index (χ0) is 24.2. The Balaban J connectivity index is 1.66. The number of amides is 2. The van der Waals surface area contributed by atoms with Crippen LogP contribution in [0.15, 0.2) is 24.4 Å². The number of likely N-dealkylation sites (tertiary alicyclic amines) is 1. The second-order valence-corrected chi connectivity index (χ2v) is 10.5. The average molecular weight is 473 g/mol. The van der Waals surface area contributed by atoms with Gasteiger partial charge in [0.1, 0.15) is 6.61 Å². The first-order valence-corrected chi connectivity index (χ1v) is 12.0. The first-order valence-electron chi connectivity index (χ1n) is 10.1. The molecule has 1 atom stereocenters. The highest BCUT2D eigenvalue weighted by molar-refractivity contribution is 7.92.